The van der Waals surface area contributed by atoms with Crippen LogP contribution in [0.2, 0.25) is 0 Å². The van der Waals surface area contributed by atoms with Crippen LogP contribution in [0, 0.1) is 5.92 Å². The number of morpholine rings is 1. The van der Waals surface area contributed by atoms with Crippen LogP contribution in [0.15, 0.2) is 29.3 Å². The fourth-order valence-electron chi connectivity index (χ4n) is 3.14. The monoisotopic (exact) mass is 489 g/mol. The highest BCUT2D eigenvalue weighted by Gasteiger charge is 2.23. The minimum Gasteiger partial charge on any atom is -0.379 e. The third-order valence-corrected chi connectivity index (χ3v) is 4.66. The first-order chi connectivity index (χ1) is 12.5. The molecule has 4 N–H and O–H groups in total. The van der Waals surface area contributed by atoms with Gasteiger partial charge < -0.3 is 21.1 Å². The van der Waals surface area contributed by atoms with Crippen LogP contribution in [0.5, 0.6) is 0 Å². The number of benzene rings is 1. The summed E-state index contributed by atoms with van der Waals surface area (Å²) in [5.74, 6) is 0.860. The molecule has 1 aliphatic rings. The maximum absolute atomic E-state index is 11.3. The molecule has 1 aliphatic heterocycles. The molecule has 0 spiro atoms. The van der Waals surface area contributed by atoms with Crippen molar-refractivity contribution >= 4 is 35.8 Å². The van der Waals surface area contributed by atoms with Crippen molar-refractivity contribution in [3.63, 3.8) is 0 Å². The van der Waals surface area contributed by atoms with Crippen molar-refractivity contribution in [1.29, 1.82) is 0 Å². The summed E-state index contributed by atoms with van der Waals surface area (Å²) in [5.41, 5.74) is 6.83. The van der Waals surface area contributed by atoms with E-state index in [1.165, 1.54) is 0 Å². The summed E-state index contributed by atoms with van der Waals surface area (Å²) in [7, 11) is 1.76. The van der Waals surface area contributed by atoms with Crippen LogP contribution < -0.4 is 16.4 Å². The van der Waals surface area contributed by atoms with E-state index in [4.69, 9.17) is 10.5 Å². The topological polar surface area (TPSA) is 92.0 Å². The largest absolute Gasteiger partial charge is 0.379 e. The molecule has 1 heterocycles. The summed E-state index contributed by atoms with van der Waals surface area (Å²) >= 11 is 0. The maximum atomic E-state index is 11.3. The second-order valence-electron chi connectivity index (χ2n) is 6.83. The molecule has 7 nitrogen and oxygen atoms in total. The zero-order valence-corrected chi connectivity index (χ0v) is 18.7. The minimum absolute atomic E-state index is 0. The molecule has 1 atom stereocenters. The van der Waals surface area contributed by atoms with E-state index in [2.05, 4.69) is 34.4 Å². The minimum atomic E-state index is -0.417. The molecule has 0 saturated carbocycles. The number of hydrogen-bond acceptors (Lipinski definition) is 4. The van der Waals surface area contributed by atoms with E-state index in [0.717, 1.165) is 44.4 Å². The molecular weight excluding hydrogens is 457 g/mol. The molecule has 1 fully saturated rings. The summed E-state index contributed by atoms with van der Waals surface area (Å²) < 4.78 is 5.46. The number of amides is 1. The highest BCUT2D eigenvalue weighted by atomic mass is 127. The predicted molar refractivity (Wildman–Crippen MR) is 120 cm³/mol. The number of nitrogens with zero attached hydrogens (tertiary/aromatic N) is 2. The highest BCUT2D eigenvalue weighted by molar-refractivity contribution is 14.0. The smallest absolute Gasteiger partial charge is 0.248 e. The van der Waals surface area contributed by atoms with Crippen LogP contribution in [-0.4, -0.2) is 62.7 Å². The second kappa shape index (κ2) is 12.1. The summed E-state index contributed by atoms with van der Waals surface area (Å²) in [6, 6.07) is 7.73. The fourth-order valence-corrected chi connectivity index (χ4v) is 3.14. The van der Waals surface area contributed by atoms with E-state index >= 15 is 0 Å². The van der Waals surface area contributed by atoms with Crippen molar-refractivity contribution in [2.75, 3.05) is 39.9 Å². The third-order valence-electron chi connectivity index (χ3n) is 4.66. The number of nitrogens with two attached hydrogens (primary N) is 1. The van der Waals surface area contributed by atoms with Gasteiger partial charge in [-0.05, 0) is 23.6 Å². The Hall–Kier alpha value is -1.39. The molecule has 1 saturated heterocycles. The Morgan fingerprint density at radius 2 is 2.00 bits per heavy atom. The number of aliphatic imine (C=N–C) groups is 1. The Balaban J connectivity index is 0.00000364. The van der Waals surface area contributed by atoms with E-state index < -0.39 is 5.91 Å². The third kappa shape index (κ3) is 7.63. The average Bonchev–Trinajstić information content (AvgIpc) is 2.65. The van der Waals surface area contributed by atoms with Gasteiger partial charge in [-0.3, -0.25) is 14.7 Å². The Morgan fingerprint density at radius 1 is 1.30 bits per heavy atom. The lowest BCUT2D eigenvalue weighted by atomic mass is 10.0. The second-order valence-corrected chi connectivity index (χ2v) is 6.83. The molecule has 1 aromatic carbocycles. The Labute approximate surface area is 179 Å². The van der Waals surface area contributed by atoms with Gasteiger partial charge in [-0.1, -0.05) is 26.0 Å². The predicted octanol–water partition coefficient (Wildman–Crippen LogP) is 1.43. The van der Waals surface area contributed by atoms with Gasteiger partial charge in [0.15, 0.2) is 5.96 Å². The molecule has 27 heavy (non-hydrogen) atoms. The molecule has 1 unspecified atom stereocenters. The molecule has 152 valence electrons. The number of ether oxygens (including phenoxy) is 1. The van der Waals surface area contributed by atoms with Crippen LogP contribution in [0.1, 0.15) is 29.8 Å². The van der Waals surface area contributed by atoms with Crippen LogP contribution in [-0.2, 0) is 11.3 Å². The summed E-state index contributed by atoms with van der Waals surface area (Å²) in [6.45, 7) is 9.41. The number of rotatable bonds is 7. The first-order valence-corrected chi connectivity index (χ1v) is 9.16. The van der Waals surface area contributed by atoms with Crippen molar-refractivity contribution < 1.29 is 9.53 Å². The zero-order chi connectivity index (χ0) is 18.9. The summed E-state index contributed by atoms with van der Waals surface area (Å²) in [6.07, 6.45) is 0. The van der Waals surface area contributed by atoms with Gasteiger partial charge in [-0.2, -0.15) is 0 Å². The van der Waals surface area contributed by atoms with Gasteiger partial charge in [0.05, 0.1) is 13.2 Å². The molecule has 0 aliphatic carbocycles. The Morgan fingerprint density at radius 3 is 2.59 bits per heavy atom. The van der Waals surface area contributed by atoms with E-state index in [1.807, 2.05) is 12.1 Å². The standard InChI is InChI=1S/C19H31N5O2.HI/c1-14(2)17(24-7-9-26-10-8-24)13-23-19(21-3)22-12-15-5-4-6-16(11-15)18(20)25;/h4-6,11,14,17H,7-10,12-13H2,1-3H3,(H2,20,25)(H2,21,22,23);1H. The molecular formula is C19H32IN5O2. The van der Waals surface area contributed by atoms with Crippen molar-refractivity contribution in [2.45, 2.75) is 26.4 Å². The van der Waals surface area contributed by atoms with E-state index in [9.17, 15) is 4.79 Å². The molecule has 0 aromatic heterocycles. The fraction of sp³-hybridized carbons (Fsp3) is 0.579. The quantitative estimate of drug-likeness (QED) is 0.306. The van der Waals surface area contributed by atoms with Gasteiger partial charge in [-0.15, -0.1) is 24.0 Å². The van der Waals surface area contributed by atoms with Gasteiger partial charge in [0.2, 0.25) is 5.91 Å². The molecule has 2 rings (SSSR count). The molecule has 1 aromatic rings. The van der Waals surface area contributed by atoms with Gasteiger partial charge in [0, 0.05) is 44.8 Å². The van der Waals surface area contributed by atoms with Crippen molar-refractivity contribution in [2.24, 2.45) is 16.6 Å². The SMILES string of the molecule is CN=C(NCc1cccc(C(N)=O)c1)NCC(C(C)C)N1CCOCC1.I. The number of primary amides is 1. The molecule has 0 bridgehead atoms. The number of nitrogens with one attached hydrogen (secondary N) is 2. The lowest BCUT2D eigenvalue weighted by molar-refractivity contribution is 0.00752. The maximum Gasteiger partial charge on any atom is 0.248 e. The van der Waals surface area contributed by atoms with Crippen molar-refractivity contribution in [3.8, 4) is 0 Å². The average molecular weight is 489 g/mol. The van der Waals surface area contributed by atoms with Crippen LogP contribution in [0.25, 0.3) is 0 Å². The number of guanidine groups is 1. The Kier molecular flexibility index (Phi) is 10.6. The van der Waals surface area contributed by atoms with Gasteiger partial charge in [0.1, 0.15) is 0 Å². The van der Waals surface area contributed by atoms with Crippen LogP contribution >= 0.6 is 24.0 Å². The number of carbonyl (C=O) groups excluding carboxylic acids is 1. The molecule has 1 amide bonds. The summed E-state index contributed by atoms with van der Waals surface area (Å²) in [5, 5.41) is 6.71. The first-order valence-electron chi connectivity index (χ1n) is 9.16. The van der Waals surface area contributed by atoms with Gasteiger partial charge in [-0.25, -0.2) is 0 Å². The van der Waals surface area contributed by atoms with Crippen molar-refractivity contribution in [1.82, 2.24) is 15.5 Å². The lowest BCUT2D eigenvalue weighted by Crippen LogP contribution is -2.52. The van der Waals surface area contributed by atoms with Crippen molar-refractivity contribution in [3.05, 3.63) is 35.4 Å². The zero-order valence-electron chi connectivity index (χ0n) is 16.4. The van der Waals surface area contributed by atoms with Gasteiger partial charge >= 0.3 is 0 Å². The molecule has 0 radical (unpaired) electrons. The number of halogens is 1. The van der Waals surface area contributed by atoms with E-state index in [-0.39, 0.29) is 24.0 Å². The van der Waals surface area contributed by atoms with Crippen LogP contribution in [0.4, 0.5) is 0 Å². The first kappa shape index (κ1) is 23.6. The molecule has 8 heteroatoms. The number of hydrogen-bond donors (Lipinski definition) is 3. The lowest BCUT2D eigenvalue weighted by Gasteiger charge is -2.37. The summed E-state index contributed by atoms with van der Waals surface area (Å²) in [4.78, 5) is 18.1. The van der Waals surface area contributed by atoms with E-state index in [0.29, 0.717) is 24.1 Å². The number of carbonyl (C=O) groups is 1. The highest BCUT2D eigenvalue weighted by Crippen LogP contribution is 2.12. The van der Waals surface area contributed by atoms with E-state index in [1.54, 1.807) is 19.2 Å². The Bertz CT molecular complexity index is 618. The van der Waals surface area contributed by atoms with Crippen LogP contribution in [0.3, 0.4) is 0 Å². The normalized spacial score (nSPS) is 16.5. The van der Waals surface area contributed by atoms with Gasteiger partial charge in [0.25, 0.3) is 0 Å².